The third kappa shape index (κ3) is 4.93. The third-order valence-electron chi connectivity index (χ3n) is 5.43. The SMILES string of the molecule is Cl.O=C(NCCCN1CCNCC1)C1(c2ccc(F)cc2)CCCC1. The van der Waals surface area contributed by atoms with Crippen molar-refractivity contribution in [2.24, 2.45) is 0 Å². The summed E-state index contributed by atoms with van der Waals surface area (Å²) >= 11 is 0. The van der Waals surface area contributed by atoms with E-state index in [2.05, 4.69) is 15.5 Å². The van der Waals surface area contributed by atoms with Crippen molar-refractivity contribution in [3.05, 3.63) is 35.6 Å². The minimum atomic E-state index is -0.456. The fraction of sp³-hybridized carbons (Fsp3) is 0.632. The molecule has 1 aliphatic heterocycles. The monoisotopic (exact) mass is 369 g/mol. The van der Waals surface area contributed by atoms with Crippen LogP contribution in [0.25, 0.3) is 0 Å². The Balaban J connectivity index is 0.00000225. The van der Waals surface area contributed by atoms with Crippen LogP contribution in [0.5, 0.6) is 0 Å². The number of hydrogen-bond donors (Lipinski definition) is 2. The van der Waals surface area contributed by atoms with Crippen molar-refractivity contribution in [1.29, 1.82) is 0 Å². The minimum absolute atomic E-state index is 0. The first-order valence-electron chi connectivity index (χ1n) is 9.18. The zero-order valence-corrected chi connectivity index (χ0v) is 15.5. The maximum atomic E-state index is 13.2. The average Bonchev–Trinajstić information content (AvgIpc) is 3.11. The molecule has 1 aliphatic carbocycles. The molecule has 25 heavy (non-hydrogen) atoms. The Labute approximate surface area is 156 Å². The molecule has 0 bridgehead atoms. The maximum Gasteiger partial charge on any atom is 0.230 e. The number of hydrogen-bond acceptors (Lipinski definition) is 3. The van der Waals surface area contributed by atoms with Gasteiger partial charge in [0.25, 0.3) is 0 Å². The van der Waals surface area contributed by atoms with Crippen LogP contribution in [0, 0.1) is 5.82 Å². The van der Waals surface area contributed by atoms with E-state index in [4.69, 9.17) is 0 Å². The van der Waals surface area contributed by atoms with E-state index in [-0.39, 0.29) is 24.1 Å². The van der Waals surface area contributed by atoms with Gasteiger partial charge < -0.3 is 15.5 Å². The number of piperazine rings is 1. The number of nitrogens with zero attached hydrogens (tertiary/aromatic N) is 1. The Hall–Kier alpha value is -1.17. The van der Waals surface area contributed by atoms with Crippen LogP contribution in [0.2, 0.25) is 0 Å². The van der Waals surface area contributed by atoms with E-state index >= 15 is 0 Å². The highest BCUT2D eigenvalue weighted by Gasteiger charge is 2.42. The summed E-state index contributed by atoms with van der Waals surface area (Å²) in [5, 5.41) is 6.49. The Morgan fingerprint density at radius 3 is 2.44 bits per heavy atom. The Morgan fingerprint density at radius 1 is 1.16 bits per heavy atom. The topological polar surface area (TPSA) is 44.4 Å². The zero-order chi connectivity index (χ0) is 16.8. The van der Waals surface area contributed by atoms with E-state index in [0.29, 0.717) is 6.54 Å². The number of nitrogens with one attached hydrogen (secondary N) is 2. The van der Waals surface area contributed by atoms with Crippen LogP contribution < -0.4 is 10.6 Å². The van der Waals surface area contributed by atoms with Gasteiger partial charge in [-0.3, -0.25) is 4.79 Å². The molecular weight excluding hydrogens is 341 g/mol. The molecular formula is C19H29ClFN3O. The van der Waals surface area contributed by atoms with Gasteiger partial charge >= 0.3 is 0 Å². The molecule has 1 saturated heterocycles. The summed E-state index contributed by atoms with van der Waals surface area (Å²) in [6.45, 7) is 6.04. The van der Waals surface area contributed by atoms with Gasteiger partial charge in [0.15, 0.2) is 0 Å². The molecule has 0 atom stereocenters. The normalized spacial score (nSPS) is 20.0. The van der Waals surface area contributed by atoms with E-state index in [9.17, 15) is 9.18 Å². The lowest BCUT2D eigenvalue weighted by molar-refractivity contribution is -0.126. The summed E-state index contributed by atoms with van der Waals surface area (Å²) in [6.07, 6.45) is 4.83. The maximum absolute atomic E-state index is 13.2. The van der Waals surface area contributed by atoms with Crippen LogP contribution in [-0.2, 0) is 10.2 Å². The molecule has 4 nitrogen and oxygen atoms in total. The second-order valence-corrected chi connectivity index (χ2v) is 7.00. The molecule has 1 saturated carbocycles. The van der Waals surface area contributed by atoms with Crippen molar-refractivity contribution < 1.29 is 9.18 Å². The summed E-state index contributed by atoms with van der Waals surface area (Å²) in [7, 11) is 0. The molecule has 1 amide bonds. The first kappa shape index (κ1) is 20.1. The zero-order valence-electron chi connectivity index (χ0n) is 14.7. The molecule has 1 aromatic carbocycles. The largest absolute Gasteiger partial charge is 0.355 e. The molecule has 6 heteroatoms. The fourth-order valence-corrected chi connectivity index (χ4v) is 4.00. The summed E-state index contributed by atoms with van der Waals surface area (Å²) in [4.78, 5) is 15.3. The van der Waals surface area contributed by atoms with Crippen molar-refractivity contribution in [1.82, 2.24) is 15.5 Å². The number of carbonyl (C=O) groups is 1. The van der Waals surface area contributed by atoms with Crippen molar-refractivity contribution >= 4 is 18.3 Å². The van der Waals surface area contributed by atoms with E-state index < -0.39 is 5.41 Å². The summed E-state index contributed by atoms with van der Waals surface area (Å²) in [5.74, 6) is -0.129. The highest BCUT2D eigenvalue weighted by atomic mass is 35.5. The lowest BCUT2D eigenvalue weighted by Gasteiger charge is -2.29. The van der Waals surface area contributed by atoms with Crippen molar-refractivity contribution in [3.8, 4) is 0 Å². The molecule has 140 valence electrons. The van der Waals surface area contributed by atoms with Crippen molar-refractivity contribution in [3.63, 3.8) is 0 Å². The summed E-state index contributed by atoms with van der Waals surface area (Å²) in [6, 6.07) is 6.49. The second-order valence-electron chi connectivity index (χ2n) is 7.00. The quantitative estimate of drug-likeness (QED) is 0.757. The molecule has 0 aromatic heterocycles. The van der Waals surface area contributed by atoms with E-state index in [1.54, 1.807) is 12.1 Å². The molecule has 1 heterocycles. The Bertz CT molecular complexity index is 540. The predicted octanol–water partition coefficient (Wildman–Crippen LogP) is 2.47. The molecule has 2 N–H and O–H groups in total. The molecule has 2 aliphatic rings. The van der Waals surface area contributed by atoms with Gasteiger partial charge in [-0.2, -0.15) is 0 Å². The van der Waals surface area contributed by atoms with Gasteiger partial charge in [0.1, 0.15) is 5.82 Å². The Kier molecular flexibility index (Phi) is 7.66. The highest BCUT2D eigenvalue weighted by molar-refractivity contribution is 5.88. The number of halogens is 2. The summed E-state index contributed by atoms with van der Waals surface area (Å²) < 4.78 is 13.2. The van der Waals surface area contributed by atoms with Crippen molar-refractivity contribution in [2.75, 3.05) is 39.3 Å². The standard InChI is InChI=1S/C19H28FN3O.ClH/c20-17-6-4-16(5-7-17)19(8-1-2-9-19)18(24)22-10-3-13-23-14-11-21-12-15-23;/h4-7,21H,1-3,8-15H2,(H,22,24);1H. The summed E-state index contributed by atoms with van der Waals surface area (Å²) in [5.41, 5.74) is 0.504. The number of amides is 1. The van der Waals surface area contributed by atoms with Gasteiger partial charge in [-0.15, -0.1) is 12.4 Å². The first-order chi connectivity index (χ1) is 11.7. The van der Waals surface area contributed by atoms with Gasteiger partial charge in [-0.05, 0) is 43.5 Å². The van der Waals surface area contributed by atoms with Crippen molar-refractivity contribution in [2.45, 2.75) is 37.5 Å². The molecule has 0 radical (unpaired) electrons. The molecule has 0 unspecified atom stereocenters. The molecule has 0 spiro atoms. The highest BCUT2D eigenvalue weighted by Crippen LogP contribution is 2.41. The lowest BCUT2D eigenvalue weighted by Crippen LogP contribution is -2.45. The second kappa shape index (κ2) is 9.51. The smallest absolute Gasteiger partial charge is 0.230 e. The van der Waals surface area contributed by atoms with E-state index in [1.165, 1.54) is 12.1 Å². The molecule has 2 fully saturated rings. The van der Waals surface area contributed by atoms with Crippen LogP contribution in [0.4, 0.5) is 4.39 Å². The molecule has 3 rings (SSSR count). The van der Waals surface area contributed by atoms with Gasteiger partial charge in [0, 0.05) is 32.7 Å². The van der Waals surface area contributed by atoms with Gasteiger partial charge in [0.2, 0.25) is 5.91 Å². The average molecular weight is 370 g/mol. The molecule has 1 aromatic rings. The van der Waals surface area contributed by atoms with Gasteiger partial charge in [-0.25, -0.2) is 4.39 Å². The number of rotatable bonds is 6. The lowest BCUT2D eigenvalue weighted by atomic mass is 9.78. The van der Waals surface area contributed by atoms with Crippen LogP contribution in [0.3, 0.4) is 0 Å². The van der Waals surface area contributed by atoms with Gasteiger partial charge in [-0.1, -0.05) is 25.0 Å². The van der Waals surface area contributed by atoms with Gasteiger partial charge in [0.05, 0.1) is 5.41 Å². The third-order valence-corrected chi connectivity index (χ3v) is 5.43. The van der Waals surface area contributed by atoms with E-state index in [1.807, 2.05) is 0 Å². The minimum Gasteiger partial charge on any atom is -0.355 e. The first-order valence-corrected chi connectivity index (χ1v) is 9.18. The van der Waals surface area contributed by atoms with Crippen LogP contribution in [-0.4, -0.2) is 50.1 Å². The number of benzene rings is 1. The van der Waals surface area contributed by atoms with Crippen LogP contribution >= 0.6 is 12.4 Å². The van der Waals surface area contributed by atoms with Crippen LogP contribution in [0.1, 0.15) is 37.7 Å². The fourth-order valence-electron chi connectivity index (χ4n) is 4.00. The Morgan fingerprint density at radius 2 is 1.80 bits per heavy atom. The van der Waals surface area contributed by atoms with E-state index in [0.717, 1.165) is 70.4 Å². The predicted molar refractivity (Wildman–Crippen MR) is 101 cm³/mol. The number of carbonyl (C=O) groups excluding carboxylic acids is 1. The van der Waals surface area contributed by atoms with Crippen LogP contribution in [0.15, 0.2) is 24.3 Å².